The SMILES string of the molecule is CC(=O)N1CCC(NS(=O)(=O)c2cc(Br)ccc2F)CC1. The highest BCUT2D eigenvalue weighted by atomic mass is 79.9. The Labute approximate surface area is 131 Å². The summed E-state index contributed by atoms with van der Waals surface area (Å²) >= 11 is 3.13. The molecule has 0 atom stereocenters. The third-order valence-corrected chi connectivity index (χ3v) is 5.47. The molecule has 21 heavy (non-hydrogen) atoms. The van der Waals surface area contributed by atoms with Crippen molar-refractivity contribution in [2.24, 2.45) is 0 Å². The van der Waals surface area contributed by atoms with Gasteiger partial charge in [-0.15, -0.1) is 0 Å². The molecule has 0 saturated carbocycles. The lowest BCUT2D eigenvalue weighted by molar-refractivity contribution is -0.129. The molecule has 5 nitrogen and oxygen atoms in total. The van der Waals surface area contributed by atoms with E-state index in [0.717, 1.165) is 6.07 Å². The highest BCUT2D eigenvalue weighted by Crippen LogP contribution is 2.21. The average Bonchev–Trinajstić information content (AvgIpc) is 2.41. The van der Waals surface area contributed by atoms with Gasteiger partial charge < -0.3 is 4.90 Å². The van der Waals surface area contributed by atoms with Gasteiger partial charge in [0.1, 0.15) is 10.7 Å². The Morgan fingerprint density at radius 3 is 2.57 bits per heavy atom. The van der Waals surface area contributed by atoms with Crippen LogP contribution in [0.15, 0.2) is 27.6 Å². The summed E-state index contributed by atoms with van der Waals surface area (Å²) in [6, 6.07) is 3.50. The summed E-state index contributed by atoms with van der Waals surface area (Å²) in [7, 11) is -3.91. The van der Waals surface area contributed by atoms with Gasteiger partial charge in [0.05, 0.1) is 0 Å². The Kier molecular flexibility index (Phi) is 5.00. The van der Waals surface area contributed by atoms with Crippen molar-refractivity contribution in [3.05, 3.63) is 28.5 Å². The van der Waals surface area contributed by atoms with Gasteiger partial charge in [0.2, 0.25) is 15.9 Å². The summed E-state index contributed by atoms with van der Waals surface area (Å²) in [4.78, 5) is 12.5. The average molecular weight is 379 g/mol. The lowest BCUT2D eigenvalue weighted by Crippen LogP contribution is -2.46. The van der Waals surface area contributed by atoms with Crippen LogP contribution < -0.4 is 4.72 Å². The van der Waals surface area contributed by atoms with E-state index in [1.165, 1.54) is 19.1 Å². The normalized spacial score (nSPS) is 17.0. The number of hydrogen-bond donors (Lipinski definition) is 1. The zero-order chi connectivity index (χ0) is 15.6. The Balaban J connectivity index is 2.09. The molecule has 0 unspecified atom stereocenters. The van der Waals surface area contributed by atoms with Crippen molar-refractivity contribution < 1.29 is 17.6 Å². The summed E-state index contributed by atoms with van der Waals surface area (Å²) in [6.07, 6.45) is 1.04. The molecule has 1 N–H and O–H groups in total. The summed E-state index contributed by atoms with van der Waals surface area (Å²) in [5.41, 5.74) is 0. The molecule has 1 fully saturated rings. The Morgan fingerprint density at radius 2 is 2.00 bits per heavy atom. The number of likely N-dealkylation sites (tertiary alicyclic amines) is 1. The van der Waals surface area contributed by atoms with Crippen molar-refractivity contribution in [3.63, 3.8) is 0 Å². The number of carbonyl (C=O) groups excluding carboxylic acids is 1. The van der Waals surface area contributed by atoms with Crippen LogP contribution >= 0.6 is 15.9 Å². The van der Waals surface area contributed by atoms with E-state index in [-0.39, 0.29) is 16.8 Å². The maximum Gasteiger partial charge on any atom is 0.243 e. The fraction of sp³-hybridized carbons (Fsp3) is 0.462. The third kappa shape index (κ3) is 4.02. The van der Waals surface area contributed by atoms with Gasteiger partial charge in [-0.3, -0.25) is 4.79 Å². The topological polar surface area (TPSA) is 66.5 Å². The summed E-state index contributed by atoms with van der Waals surface area (Å²) in [5, 5.41) is 0. The zero-order valence-corrected chi connectivity index (χ0v) is 13.9. The zero-order valence-electron chi connectivity index (χ0n) is 11.5. The van der Waals surface area contributed by atoms with E-state index in [9.17, 15) is 17.6 Å². The fourth-order valence-corrected chi connectivity index (χ4v) is 4.20. The van der Waals surface area contributed by atoms with Crippen LogP contribution in [0.1, 0.15) is 19.8 Å². The molecule has 1 aliphatic heterocycles. The van der Waals surface area contributed by atoms with Crippen LogP contribution in [0.3, 0.4) is 0 Å². The van der Waals surface area contributed by atoms with Crippen LogP contribution in [-0.4, -0.2) is 38.4 Å². The second-order valence-electron chi connectivity index (χ2n) is 4.98. The van der Waals surface area contributed by atoms with Crippen LogP contribution in [0, 0.1) is 5.82 Å². The first kappa shape index (κ1) is 16.4. The van der Waals surface area contributed by atoms with E-state index in [1.807, 2.05) is 0 Å². The van der Waals surface area contributed by atoms with Gasteiger partial charge in [-0.1, -0.05) is 15.9 Å². The number of nitrogens with zero attached hydrogens (tertiary/aromatic N) is 1. The number of halogens is 2. The number of nitrogens with one attached hydrogen (secondary N) is 1. The molecule has 0 aliphatic carbocycles. The maximum atomic E-state index is 13.7. The first-order valence-corrected chi connectivity index (χ1v) is 8.80. The van der Waals surface area contributed by atoms with E-state index in [1.54, 1.807) is 4.90 Å². The second-order valence-corrected chi connectivity index (χ2v) is 7.57. The van der Waals surface area contributed by atoms with Gasteiger partial charge in [0.15, 0.2) is 0 Å². The van der Waals surface area contributed by atoms with E-state index >= 15 is 0 Å². The van der Waals surface area contributed by atoms with Crippen LogP contribution in [0.2, 0.25) is 0 Å². The van der Waals surface area contributed by atoms with Gasteiger partial charge in [0.25, 0.3) is 0 Å². The van der Waals surface area contributed by atoms with Crippen molar-refractivity contribution in [1.29, 1.82) is 0 Å². The van der Waals surface area contributed by atoms with E-state index in [0.29, 0.717) is 30.4 Å². The molecule has 8 heteroatoms. The quantitative estimate of drug-likeness (QED) is 0.872. The summed E-state index contributed by atoms with van der Waals surface area (Å²) in [6.45, 7) is 2.49. The minimum atomic E-state index is -3.91. The van der Waals surface area contributed by atoms with Crippen molar-refractivity contribution in [2.75, 3.05) is 13.1 Å². The molecule has 1 aliphatic rings. The summed E-state index contributed by atoms with van der Waals surface area (Å²) in [5.74, 6) is -0.804. The third-order valence-electron chi connectivity index (χ3n) is 3.44. The molecular formula is C13H16BrFN2O3S. The van der Waals surface area contributed by atoms with Gasteiger partial charge in [0, 0.05) is 30.5 Å². The van der Waals surface area contributed by atoms with Gasteiger partial charge >= 0.3 is 0 Å². The van der Waals surface area contributed by atoms with Crippen LogP contribution in [-0.2, 0) is 14.8 Å². The van der Waals surface area contributed by atoms with E-state index in [2.05, 4.69) is 20.7 Å². The lowest BCUT2D eigenvalue weighted by atomic mass is 10.1. The largest absolute Gasteiger partial charge is 0.343 e. The molecule has 0 radical (unpaired) electrons. The lowest BCUT2D eigenvalue weighted by Gasteiger charge is -2.31. The Morgan fingerprint density at radius 1 is 1.38 bits per heavy atom. The van der Waals surface area contributed by atoms with E-state index < -0.39 is 15.8 Å². The molecule has 2 rings (SSSR count). The first-order valence-electron chi connectivity index (χ1n) is 6.52. The predicted molar refractivity (Wildman–Crippen MR) is 79.7 cm³/mol. The second kappa shape index (κ2) is 6.41. The molecule has 1 amide bonds. The van der Waals surface area contributed by atoms with Gasteiger partial charge in [-0.05, 0) is 31.0 Å². The van der Waals surface area contributed by atoms with Gasteiger partial charge in [-0.25, -0.2) is 17.5 Å². The number of piperidine rings is 1. The predicted octanol–water partition coefficient (Wildman–Crippen LogP) is 1.88. The summed E-state index contributed by atoms with van der Waals surface area (Å²) < 4.78 is 41.2. The number of sulfonamides is 1. The highest BCUT2D eigenvalue weighted by molar-refractivity contribution is 9.10. The van der Waals surface area contributed by atoms with Crippen molar-refractivity contribution in [3.8, 4) is 0 Å². The molecule has 0 spiro atoms. The van der Waals surface area contributed by atoms with Crippen LogP contribution in [0.4, 0.5) is 4.39 Å². The first-order chi connectivity index (χ1) is 9.79. The smallest absolute Gasteiger partial charge is 0.243 e. The minimum absolute atomic E-state index is 0.0191. The highest BCUT2D eigenvalue weighted by Gasteiger charge is 2.27. The molecule has 116 valence electrons. The number of carbonyl (C=O) groups is 1. The molecular weight excluding hydrogens is 363 g/mol. The Hall–Kier alpha value is -0.990. The van der Waals surface area contributed by atoms with Crippen LogP contribution in [0.25, 0.3) is 0 Å². The number of hydrogen-bond acceptors (Lipinski definition) is 3. The maximum absolute atomic E-state index is 13.7. The van der Waals surface area contributed by atoms with Crippen molar-refractivity contribution >= 4 is 31.9 Å². The number of amides is 1. The molecule has 0 aromatic heterocycles. The fourth-order valence-electron chi connectivity index (χ4n) is 2.28. The molecule has 1 saturated heterocycles. The number of benzene rings is 1. The molecule has 1 heterocycles. The monoisotopic (exact) mass is 378 g/mol. The molecule has 1 aromatic carbocycles. The molecule has 0 bridgehead atoms. The minimum Gasteiger partial charge on any atom is -0.343 e. The van der Waals surface area contributed by atoms with Crippen molar-refractivity contribution in [1.82, 2.24) is 9.62 Å². The standard InChI is InChI=1S/C13H16BrFN2O3S/c1-9(18)17-6-4-11(5-7-17)16-21(19,20)13-8-10(14)2-3-12(13)15/h2-3,8,11,16H,4-7H2,1H3. The molecule has 1 aromatic rings. The van der Waals surface area contributed by atoms with E-state index in [4.69, 9.17) is 0 Å². The Bertz CT molecular complexity index is 643. The number of rotatable bonds is 3. The van der Waals surface area contributed by atoms with Crippen LogP contribution in [0.5, 0.6) is 0 Å². The van der Waals surface area contributed by atoms with Gasteiger partial charge in [-0.2, -0.15) is 0 Å². The van der Waals surface area contributed by atoms with Crippen molar-refractivity contribution in [2.45, 2.75) is 30.7 Å².